The van der Waals surface area contributed by atoms with E-state index in [2.05, 4.69) is 22.5 Å². The van der Waals surface area contributed by atoms with Gasteiger partial charge in [-0.1, -0.05) is 28.9 Å². The van der Waals surface area contributed by atoms with Gasteiger partial charge in [-0.25, -0.2) is 4.39 Å². The van der Waals surface area contributed by atoms with Crippen molar-refractivity contribution in [1.82, 2.24) is 0 Å². The predicted molar refractivity (Wildman–Crippen MR) is 52.3 cm³/mol. The van der Waals surface area contributed by atoms with E-state index in [1.165, 1.54) is 12.1 Å². The zero-order valence-corrected chi connectivity index (χ0v) is 8.36. The summed E-state index contributed by atoms with van der Waals surface area (Å²) in [5.41, 5.74) is 0.852. The maximum Gasteiger partial charge on any atom is 0.123 e. The summed E-state index contributed by atoms with van der Waals surface area (Å²) in [6.45, 7) is 5.52. The molecule has 0 aromatic heterocycles. The minimum atomic E-state index is -0.227. The molecule has 0 amide bonds. The van der Waals surface area contributed by atoms with E-state index in [4.69, 9.17) is 0 Å². The molecule has 0 nitrogen and oxygen atoms in total. The first-order chi connectivity index (χ1) is 5.65. The zero-order chi connectivity index (χ0) is 9.14. The molecule has 2 heteroatoms. The number of allylic oxidation sites excluding steroid dienone is 1. The summed E-state index contributed by atoms with van der Waals surface area (Å²) in [4.78, 5) is 0. The number of hydrogen-bond acceptors (Lipinski definition) is 0. The molecule has 0 bridgehead atoms. The van der Waals surface area contributed by atoms with Gasteiger partial charge in [-0.3, -0.25) is 0 Å². The molecule has 63 valence electrons. The Morgan fingerprint density at radius 2 is 2.25 bits per heavy atom. The molecule has 1 aromatic carbocycles. The third kappa shape index (κ3) is 1.95. The van der Waals surface area contributed by atoms with Crippen LogP contribution in [0.25, 0.3) is 0 Å². The zero-order valence-electron chi connectivity index (χ0n) is 6.77. The Hall–Kier alpha value is -0.630. The van der Waals surface area contributed by atoms with E-state index in [0.717, 1.165) is 16.0 Å². The minimum absolute atomic E-state index is 0.227. The lowest BCUT2D eigenvalue weighted by Gasteiger charge is -2.07. The van der Waals surface area contributed by atoms with Gasteiger partial charge in [-0.2, -0.15) is 0 Å². The van der Waals surface area contributed by atoms with Crippen molar-refractivity contribution >= 4 is 15.9 Å². The van der Waals surface area contributed by atoms with Crippen LogP contribution in [-0.2, 0) is 0 Å². The van der Waals surface area contributed by atoms with E-state index in [9.17, 15) is 4.39 Å². The second-order valence-corrected chi connectivity index (χ2v) is 3.37. The molecule has 0 saturated heterocycles. The molecule has 0 saturated carbocycles. The largest absolute Gasteiger partial charge is 0.207 e. The summed E-state index contributed by atoms with van der Waals surface area (Å²) in [6.07, 6.45) is 1.71. The molecule has 1 rings (SSSR count). The summed E-state index contributed by atoms with van der Waals surface area (Å²) < 4.78 is 13.7. The molecule has 0 spiro atoms. The highest BCUT2D eigenvalue weighted by Crippen LogP contribution is 2.25. The molecule has 1 radical (unpaired) electrons. The Morgan fingerprint density at radius 1 is 1.58 bits per heavy atom. The summed E-state index contributed by atoms with van der Waals surface area (Å²) in [6, 6.07) is 4.60. The lowest BCUT2D eigenvalue weighted by atomic mass is 10.0. The maximum atomic E-state index is 12.8. The SMILES string of the molecule is C=C[C](C)c1cc(F)ccc1Br. The van der Waals surface area contributed by atoms with Crippen molar-refractivity contribution in [1.29, 1.82) is 0 Å². The molecule has 0 atom stereocenters. The third-order valence-electron chi connectivity index (χ3n) is 1.66. The number of hydrogen-bond donors (Lipinski definition) is 0. The molecule has 0 heterocycles. The molecule has 0 aliphatic carbocycles. The molecular weight excluding hydrogens is 219 g/mol. The topological polar surface area (TPSA) is 0 Å². The third-order valence-corrected chi connectivity index (χ3v) is 2.35. The van der Waals surface area contributed by atoms with Gasteiger partial charge in [0, 0.05) is 10.4 Å². The van der Waals surface area contributed by atoms with Gasteiger partial charge in [0.05, 0.1) is 0 Å². The summed E-state index contributed by atoms with van der Waals surface area (Å²) in [5.74, 6) is 0.732. The second-order valence-electron chi connectivity index (χ2n) is 2.51. The molecule has 1 aromatic rings. The fraction of sp³-hybridized carbons (Fsp3) is 0.100. The molecule has 12 heavy (non-hydrogen) atoms. The molecule has 0 unspecified atom stereocenters. The van der Waals surface area contributed by atoms with Gasteiger partial charge in [0.1, 0.15) is 5.82 Å². The molecule has 0 aliphatic heterocycles. The van der Waals surface area contributed by atoms with Gasteiger partial charge in [-0.05, 0) is 23.8 Å². The first-order valence-electron chi connectivity index (χ1n) is 3.56. The van der Waals surface area contributed by atoms with Crippen LogP contribution < -0.4 is 0 Å². The van der Waals surface area contributed by atoms with Gasteiger partial charge in [0.25, 0.3) is 0 Å². The lowest BCUT2D eigenvalue weighted by Crippen LogP contribution is -1.92. The average Bonchev–Trinajstić information content (AvgIpc) is 2.08. The molecular formula is C10H9BrF. The highest BCUT2D eigenvalue weighted by molar-refractivity contribution is 9.10. The van der Waals surface area contributed by atoms with Crippen molar-refractivity contribution < 1.29 is 4.39 Å². The van der Waals surface area contributed by atoms with E-state index in [0.29, 0.717) is 0 Å². The first-order valence-corrected chi connectivity index (χ1v) is 4.36. The standard InChI is InChI=1S/C10H9BrF/c1-3-7(2)9-6-8(12)4-5-10(9)11/h3-6H,1H2,2H3. The fourth-order valence-electron chi connectivity index (χ4n) is 0.910. The van der Waals surface area contributed by atoms with Crippen LogP contribution in [0.2, 0.25) is 0 Å². The quantitative estimate of drug-likeness (QED) is 0.723. The lowest BCUT2D eigenvalue weighted by molar-refractivity contribution is 0.626. The Bertz CT molecular complexity index is 294. The minimum Gasteiger partial charge on any atom is -0.207 e. The van der Waals surface area contributed by atoms with Crippen molar-refractivity contribution in [3.05, 3.63) is 52.6 Å². The van der Waals surface area contributed by atoms with Crippen LogP contribution in [0.1, 0.15) is 12.5 Å². The van der Waals surface area contributed by atoms with Crippen LogP contribution in [0.15, 0.2) is 35.3 Å². The smallest absolute Gasteiger partial charge is 0.123 e. The van der Waals surface area contributed by atoms with Crippen molar-refractivity contribution in [2.75, 3.05) is 0 Å². The first kappa shape index (κ1) is 9.46. The summed E-state index contributed by atoms with van der Waals surface area (Å²) in [5, 5.41) is 0. The van der Waals surface area contributed by atoms with Gasteiger partial charge >= 0.3 is 0 Å². The number of rotatable bonds is 2. The van der Waals surface area contributed by atoms with E-state index in [-0.39, 0.29) is 5.82 Å². The Kier molecular flexibility index (Phi) is 3.04. The Morgan fingerprint density at radius 3 is 2.83 bits per heavy atom. The Balaban J connectivity index is 3.12. The predicted octanol–water partition coefficient (Wildman–Crippen LogP) is 3.72. The van der Waals surface area contributed by atoms with Crippen molar-refractivity contribution in [2.45, 2.75) is 6.92 Å². The van der Waals surface area contributed by atoms with Gasteiger partial charge in [0.15, 0.2) is 0 Å². The fourth-order valence-corrected chi connectivity index (χ4v) is 1.47. The van der Waals surface area contributed by atoms with Gasteiger partial charge in [0.2, 0.25) is 0 Å². The van der Waals surface area contributed by atoms with Crippen LogP contribution in [-0.4, -0.2) is 0 Å². The van der Waals surface area contributed by atoms with Crippen molar-refractivity contribution in [3.63, 3.8) is 0 Å². The summed E-state index contributed by atoms with van der Waals surface area (Å²) >= 11 is 3.34. The summed E-state index contributed by atoms with van der Waals surface area (Å²) in [7, 11) is 0. The number of halogens is 2. The van der Waals surface area contributed by atoms with Crippen LogP contribution >= 0.6 is 15.9 Å². The molecule has 0 fully saturated rings. The monoisotopic (exact) mass is 227 g/mol. The van der Waals surface area contributed by atoms with Gasteiger partial charge in [-0.15, -0.1) is 6.58 Å². The van der Waals surface area contributed by atoms with E-state index >= 15 is 0 Å². The second kappa shape index (κ2) is 3.85. The van der Waals surface area contributed by atoms with Crippen LogP contribution in [0, 0.1) is 11.7 Å². The van der Waals surface area contributed by atoms with E-state index < -0.39 is 0 Å². The maximum absolute atomic E-state index is 12.8. The van der Waals surface area contributed by atoms with Crippen LogP contribution in [0.3, 0.4) is 0 Å². The van der Waals surface area contributed by atoms with Crippen LogP contribution in [0.5, 0.6) is 0 Å². The highest BCUT2D eigenvalue weighted by Gasteiger charge is 2.06. The molecule has 0 aliphatic rings. The Labute approximate surface area is 80.2 Å². The average molecular weight is 228 g/mol. The molecule has 0 N–H and O–H groups in total. The van der Waals surface area contributed by atoms with E-state index in [1.807, 2.05) is 6.92 Å². The normalized spacial score (nSPS) is 10.3. The van der Waals surface area contributed by atoms with Gasteiger partial charge < -0.3 is 0 Å². The van der Waals surface area contributed by atoms with Crippen LogP contribution in [0.4, 0.5) is 4.39 Å². The van der Waals surface area contributed by atoms with E-state index in [1.54, 1.807) is 12.1 Å². The van der Waals surface area contributed by atoms with Crippen molar-refractivity contribution in [3.8, 4) is 0 Å². The number of benzene rings is 1. The highest BCUT2D eigenvalue weighted by atomic mass is 79.9. The van der Waals surface area contributed by atoms with Crippen molar-refractivity contribution in [2.24, 2.45) is 0 Å².